The van der Waals surface area contributed by atoms with Gasteiger partial charge in [0.05, 0.1) is 6.54 Å². The lowest BCUT2D eigenvalue weighted by molar-refractivity contribution is -0.122. The smallest absolute Gasteiger partial charge is 0.234 e. The molecule has 0 spiro atoms. The van der Waals surface area contributed by atoms with E-state index in [0.717, 1.165) is 62.6 Å². The number of carbonyl (C=O) groups is 1. The summed E-state index contributed by atoms with van der Waals surface area (Å²) in [5, 5.41) is 2.86. The van der Waals surface area contributed by atoms with E-state index in [1.165, 1.54) is 0 Å². The quantitative estimate of drug-likeness (QED) is 0.834. The number of nitrogens with zero attached hydrogens (tertiary/aromatic N) is 3. The van der Waals surface area contributed by atoms with Crippen LogP contribution < -0.4 is 5.32 Å². The third-order valence-corrected chi connectivity index (χ3v) is 4.41. The number of fused-ring (bicyclic) bond motifs is 1. The fraction of sp³-hybridized carbons (Fsp3) is 0.556. The van der Waals surface area contributed by atoms with Crippen molar-refractivity contribution in [2.24, 2.45) is 0 Å². The summed E-state index contributed by atoms with van der Waals surface area (Å²) in [6.07, 6.45) is 1.91. The van der Waals surface area contributed by atoms with Crippen LogP contribution in [0.4, 0.5) is 0 Å². The van der Waals surface area contributed by atoms with Crippen LogP contribution in [0, 0.1) is 0 Å². The summed E-state index contributed by atoms with van der Waals surface area (Å²) < 4.78 is 5.76. The molecule has 130 valence electrons. The van der Waals surface area contributed by atoms with Crippen molar-refractivity contribution >= 4 is 17.0 Å². The first-order chi connectivity index (χ1) is 11.7. The van der Waals surface area contributed by atoms with Gasteiger partial charge < -0.3 is 14.6 Å². The molecular formula is C18H26N4O2. The first kappa shape index (κ1) is 16.9. The van der Waals surface area contributed by atoms with Gasteiger partial charge in [-0.2, -0.15) is 0 Å². The molecule has 2 heterocycles. The molecule has 0 atom stereocenters. The number of hydrogen-bond acceptors (Lipinski definition) is 5. The number of nitrogens with one attached hydrogen (secondary N) is 1. The van der Waals surface area contributed by atoms with E-state index in [-0.39, 0.29) is 5.91 Å². The Bertz CT molecular complexity index is 629. The summed E-state index contributed by atoms with van der Waals surface area (Å²) in [5.41, 5.74) is 1.80. The Balaban J connectivity index is 1.37. The van der Waals surface area contributed by atoms with E-state index >= 15 is 0 Å². The Hall–Kier alpha value is -1.92. The average molecular weight is 330 g/mol. The molecule has 1 fully saturated rings. The van der Waals surface area contributed by atoms with Crippen molar-refractivity contribution < 1.29 is 9.21 Å². The van der Waals surface area contributed by atoms with Gasteiger partial charge in [0.2, 0.25) is 5.91 Å². The van der Waals surface area contributed by atoms with Crippen molar-refractivity contribution in [2.75, 3.05) is 45.8 Å². The highest BCUT2D eigenvalue weighted by Crippen LogP contribution is 2.15. The second kappa shape index (κ2) is 8.26. The summed E-state index contributed by atoms with van der Waals surface area (Å²) in [6.45, 7) is 8.18. The van der Waals surface area contributed by atoms with Crippen LogP contribution >= 0.6 is 0 Å². The van der Waals surface area contributed by atoms with Crippen LogP contribution in [0.2, 0.25) is 0 Å². The minimum atomic E-state index is 0.127. The van der Waals surface area contributed by atoms with Crippen molar-refractivity contribution in [1.82, 2.24) is 20.1 Å². The zero-order chi connectivity index (χ0) is 16.8. The molecule has 6 nitrogen and oxygen atoms in total. The number of oxazole rings is 1. The summed E-state index contributed by atoms with van der Waals surface area (Å²) >= 11 is 0. The molecule has 0 aliphatic carbocycles. The van der Waals surface area contributed by atoms with Gasteiger partial charge in [-0.25, -0.2) is 4.98 Å². The lowest BCUT2D eigenvalue weighted by atomic mass is 10.2. The predicted octanol–water partition coefficient (Wildman–Crippen LogP) is 1.51. The zero-order valence-corrected chi connectivity index (χ0v) is 14.3. The van der Waals surface area contributed by atoms with Crippen LogP contribution in [-0.2, 0) is 11.2 Å². The first-order valence-corrected chi connectivity index (χ1v) is 8.80. The van der Waals surface area contributed by atoms with Crippen LogP contribution in [0.15, 0.2) is 28.7 Å². The topological polar surface area (TPSA) is 61.6 Å². The Morgan fingerprint density at radius 1 is 1.21 bits per heavy atom. The third-order valence-electron chi connectivity index (χ3n) is 4.41. The van der Waals surface area contributed by atoms with Gasteiger partial charge in [0.1, 0.15) is 5.52 Å². The van der Waals surface area contributed by atoms with Gasteiger partial charge >= 0.3 is 0 Å². The molecule has 0 bridgehead atoms. The molecular weight excluding hydrogens is 304 g/mol. The molecule has 1 aromatic carbocycles. The molecule has 1 saturated heterocycles. The first-order valence-electron chi connectivity index (χ1n) is 8.80. The number of para-hydroxylation sites is 2. The largest absolute Gasteiger partial charge is 0.441 e. The molecule has 0 saturated carbocycles. The fourth-order valence-corrected chi connectivity index (χ4v) is 3.11. The van der Waals surface area contributed by atoms with Gasteiger partial charge in [0.15, 0.2) is 11.5 Å². The lowest BCUT2D eigenvalue weighted by Crippen LogP contribution is -2.49. The maximum absolute atomic E-state index is 11.6. The van der Waals surface area contributed by atoms with Gasteiger partial charge in [0, 0.05) is 39.1 Å². The Kier molecular flexibility index (Phi) is 5.82. The second-order valence-corrected chi connectivity index (χ2v) is 6.25. The molecule has 1 aromatic heterocycles. The Morgan fingerprint density at radius 2 is 1.96 bits per heavy atom. The SMILES string of the molecule is CCNC(=O)CN1CCN(CCCc2nc3ccccc3o2)CC1. The van der Waals surface area contributed by atoms with Crippen molar-refractivity contribution in [3.8, 4) is 0 Å². The van der Waals surface area contributed by atoms with E-state index in [1.807, 2.05) is 31.2 Å². The minimum Gasteiger partial charge on any atom is -0.441 e. The number of rotatable bonds is 7. The molecule has 1 aliphatic heterocycles. The number of piperazine rings is 1. The normalized spacial score (nSPS) is 16.5. The van der Waals surface area contributed by atoms with Gasteiger partial charge in [-0.15, -0.1) is 0 Å². The Morgan fingerprint density at radius 3 is 2.71 bits per heavy atom. The van der Waals surface area contributed by atoms with E-state index < -0.39 is 0 Å². The van der Waals surface area contributed by atoms with Crippen LogP contribution in [0.25, 0.3) is 11.1 Å². The van der Waals surface area contributed by atoms with E-state index in [1.54, 1.807) is 0 Å². The van der Waals surface area contributed by atoms with Crippen LogP contribution in [0.3, 0.4) is 0 Å². The molecule has 3 rings (SSSR count). The van der Waals surface area contributed by atoms with Gasteiger partial charge in [-0.05, 0) is 32.0 Å². The summed E-state index contributed by atoms with van der Waals surface area (Å²) in [6, 6.07) is 7.89. The molecule has 0 radical (unpaired) electrons. The van der Waals surface area contributed by atoms with Gasteiger partial charge in [-0.3, -0.25) is 9.69 Å². The minimum absolute atomic E-state index is 0.127. The van der Waals surface area contributed by atoms with Crippen molar-refractivity contribution in [2.45, 2.75) is 19.8 Å². The highest BCUT2D eigenvalue weighted by atomic mass is 16.3. The van der Waals surface area contributed by atoms with Crippen molar-refractivity contribution in [1.29, 1.82) is 0 Å². The number of benzene rings is 1. The van der Waals surface area contributed by atoms with E-state index in [4.69, 9.17) is 4.42 Å². The summed E-state index contributed by atoms with van der Waals surface area (Å²) in [5.74, 6) is 0.952. The van der Waals surface area contributed by atoms with Crippen LogP contribution in [-0.4, -0.2) is 66.5 Å². The van der Waals surface area contributed by atoms with Crippen LogP contribution in [0.5, 0.6) is 0 Å². The third kappa shape index (κ3) is 4.55. The number of carbonyl (C=O) groups excluding carboxylic acids is 1. The summed E-state index contributed by atoms with van der Waals surface area (Å²) in [4.78, 5) is 20.8. The molecule has 1 amide bonds. The maximum atomic E-state index is 11.6. The number of hydrogen-bond donors (Lipinski definition) is 1. The fourth-order valence-electron chi connectivity index (χ4n) is 3.11. The molecule has 1 aliphatic rings. The molecule has 1 N–H and O–H groups in total. The molecule has 2 aromatic rings. The maximum Gasteiger partial charge on any atom is 0.234 e. The van der Waals surface area contributed by atoms with E-state index in [2.05, 4.69) is 20.1 Å². The summed E-state index contributed by atoms with van der Waals surface area (Å²) in [7, 11) is 0. The van der Waals surface area contributed by atoms with E-state index in [0.29, 0.717) is 13.1 Å². The monoisotopic (exact) mass is 330 g/mol. The van der Waals surface area contributed by atoms with Crippen molar-refractivity contribution in [3.05, 3.63) is 30.2 Å². The molecule has 0 unspecified atom stereocenters. The standard InChI is InChI=1S/C18H26N4O2/c1-2-19-17(23)14-22-12-10-21(11-13-22)9-5-8-18-20-15-6-3-4-7-16(15)24-18/h3-4,6-7H,2,5,8-14H2,1H3,(H,19,23). The number of likely N-dealkylation sites (N-methyl/N-ethyl adjacent to an activating group) is 1. The average Bonchev–Trinajstić information content (AvgIpc) is 2.99. The van der Waals surface area contributed by atoms with Crippen LogP contribution in [0.1, 0.15) is 19.2 Å². The van der Waals surface area contributed by atoms with E-state index in [9.17, 15) is 4.79 Å². The highest BCUT2D eigenvalue weighted by Gasteiger charge is 2.18. The number of amides is 1. The second-order valence-electron chi connectivity index (χ2n) is 6.25. The molecule has 24 heavy (non-hydrogen) atoms. The van der Waals surface area contributed by atoms with Gasteiger partial charge in [-0.1, -0.05) is 12.1 Å². The highest BCUT2D eigenvalue weighted by molar-refractivity contribution is 5.77. The number of aryl methyl sites for hydroxylation is 1. The van der Waals surface area contributed by atoms with Gasteiger partial charge in [0.25, 0.3) is 0 Å². The van der Waals surface area contributed by atoms with Crippen molar-refractivity contribution in [3.63, 3.8) is 0 Å². The zero-order valence-electron chi connectivity index (χ0n) is 14.3. The predicted molar refractivity (Wildman–Crippen MR) is 93.9 cm³/mol. The number of aromatic nitrogens is 1. The lowest BCUT2D eigenvalue weighted by Gasteiger charge is -2.34. The Labute approximate surface area is 142 Å². The molecule has 6 heteroatoms.